The largest absolute Gasteiger partial charge is 0.493 e. The van der Waals surface area contributed by atoms with Crippen LogP contribution in [0.25, 0.3) is 0 Å². The number of likely N-dealkylation sites (N-methyl/N-ethyl adjacent to an activating group) is 1. The van der Waals surface area contributed by atoms with Gasteiger partial charge in [0.15, 0.2) is 11.5 Å². The van der Waals surface area contributed by atoms with Crippen LogP contribution in [0.2, 0.25) is 0 Å². The van der Waals surface area contributed by atoms with Crippen LogP contribution in [-0.4, -0.2) is 37.6 Å². The van der Waals surface area contributed by atoms with Crippen LogP contribution >= 0.6 is 0 Å². The van der Waals surface area contributed by atoms with E-state index >= 15 is 0 Å². The summed E-state index contributed by atoms with van der Waals surface area (Å²) >= 11 is 0. The van der Waals surface area contributed by atoms with Gasteiger partial charge in [0, 0.05) is 19.2 Å². The van der Waals surface area contributed by atoms with Crippen molar-refractivity contribution in [3.05, 3.63) is 23.8 Å². The molecule has 2 N–H and O–H groups in total. The van der Waals surface area contributed by atoms with Crippen LogP contribution in [0, 0.1) is 0 Å². The van der Waals surface area contributed by atoms with Gasteiger partial charge in [0.1, 0.15) is 0 Å². The Labute approximate surface area is 127 Å². The van der Waals surface area contributed by atoms with Crippen LogP contribution in [0.15, 0.2) is 18.2 Å². The van der Waals surface area contributed by atoms with Gasteiger partial charge in [0.05, 0.1) is 19.8 Å². The lowest BCUT2D eigenvalue weighted by molar-refractivity contribution is -0.135. The summed E-state index contributed by atoms with van der Waals surface area (Å²) in [7, 11) is 4.93. The van der Waals surface area contributed by atoms with Crippen molar-refractivity contribution in [2.45, 2.75) is 38.8 Å². The lowest BCUT2D eigenvalue weighted by Gasteiger charge is -2.29. The van der Waals surface area contributed by atoms with Gasteiger partial charge in [-0.05, 0) is 19.4 Å². The molecule has 0 heterocycles. The number of ether oxygens (including phenoxy) is 2. The molecule has 5 heteroatoms. The highest BCUT2D eigenvalue weighted by Gasteiger charge is 2.30. The van der Waals surface area contributed by atoms with Crippen LogP contribution in [-0.2, 0) is 11.3 Å². The average molecular weight is 294 g/mol. The van der Waals surface area contributed by atoms with E-state index in [0.717, 1.165) is 12.0 Å². The summed E-state index contributed by atoms with van der Waals surface area (Å²) in [6, 6.07) is 5.62. The molecule has 5 nitrogen and oxygen atoms in total. The molecule has 1 rings (SSSR count). The first-order valence-electron chi connectivity index (χ1n) is 7.11. The van der Waals surface area contributed by atoms with Gasteiger partial charge < -0.3 is 20.1 Å². The fourth-order valence-corrected chi connectivity index (χ4v) is 2.47. The summed E-state index contributed by atoms with van der Waals surface area (Å²) in [5.41, 5.74) is 6.16. The minimum atomic E-state index is -0.838. The molecule has 1 aromatic carbocycles. The Kier molecular flexibility index (Phi) is 6.03. The van der Waals surface area contributed by atoms with Gasteiger partial charge in [-0.3, -0.25) is 4.79 Å². The first kappa shape index (κ1) is 17.3. The van der Waals surface area contributed by atoms with E-state index in [1.165, 1.54) is 0 Å². The van der Waals surface area contributed by atoms with E-state index in [4.69, 9.17) is 15.2 Å². The molecule has 0 aliphatic carbocycles. The molecule has 0 radical (unpaired) electrons. The Balaban J connectivity index is 2.93. The summed E-state index contributed by atoms with van der Waals surface area (Å²) in [6.45, 7) is 4.22. The topological polar surface area (TPSA) is 64.8 Å². The Morgan fingerprint density at radius 1 is 1.33 bits per heavy atom. The smallest absolute Gasteiger partial charge is 0.242 e. The van der Waals surface area contributed by atoms with E-state index in [1.807, 2.05) is 25.1 Å². The lowest BCUT2D eigenvalue weighted by atomic mass is 9.95. The van der Waals surface area contributed by atoms with Crippen LogP contribution in [0.5, 0.6) is 11.5 Å². The molecule has 21 heavy (non-hydrogen) atoms. The molecular formula is C16H26N2O3. The zero-order valence-corrected chi connectivity index (χ0v) is 13.6. The molecule has 0 saturated heterocycles. The van der Waals surface area contributed by atoms with Crippen molar-refractivity contribution in [1.29, 1.82) is 0 Å². The predicted molar refractivity (Wildman–Crippen MR) is 83.5 cm³/mol. The summed E-state index contributed by atoms with van der Waals surface area (Å²) in [5, 5.41) is 0. The predicted octanol–water partition coefficient (Wildman–Crippen LogP) is 2.18. The summed E-state index contributed by atoms with van der Waals surface area (Å²) in [4.78, 5) is 14.1. The van der Waals surface area contributed by atoms with Crippen molar-refractivity contribution >= 4 is 5.91 Å². The third kappa shape index (κ3) is 4.11. The van der Waals surface area contributed by atoms with Gasteiger partial charge >= 0.3 is 0 Å². The number of carbonyl (C=O) groups is 1. The molecule has 0 saturated carbocycles. The van der Waals surface area contributed by atoms with Crippen molar-refractivity contribution in [3.8, 4) is 11.5 Å². The second-order valence-electron chi connectivity index (χ2n) is 5.48. The van der Waals surface area contributed by atoms with Gasteiger partial charge in [-0.1, -0.05) is 25.5 Å². The van der Waals surface area contributed by atoms with Crippen LogP contribution in [0.4, 0.5) is 0 Å². The van der Waals surface area contributed by atoms with Gasteiger partial charge in [-0.2, -0.15) is 0 Å². The van der Waals surface area contributed by atoms with E-state index in [2.05, 4.69) is 0 Å². The quantitative estimate of drug-likeness (QED) is 0.837. The highest BCUT2D eigenvalue weighted by Crippen LogP contribution is 2.31. The van der Waals surface area contributed by atoms with Gasteiger partial charge in [-0.25, -0.2) is 0 Å². The fourth-order valence-electron chi connectivity index (χ4n) is 2.47. The summed E-state index contributed by atoms with van der Waals surface area (Å²) < 4.78 is 10.7. The molecule has 0 aliphatic rings. The number of nitrogens with two attached hydrogens (primary N) is 1. The number of carbonyl (C=O) groups excluding carboxylic acids is 1. The maximum atomic E-state index is 12.4. The van der Waals surface area contributed by atoms with Gasteiger partial charge in [0.2, 0.25) is 5.91 Å². The van der Waals surface area contributed by atoms with Crippen LogP contribution < -0.4 is 15.2 Å². The molecule has 1 atom stereocenters. The van der Waals surface area contributed by atoms with E-state index < -0.39 is 5.54 Å². The first-order valence-corrected chi connectivity index (χ1v) is 7.11. The zero-order valence-electron chi connectivity index (χ0n) is 13.6. The SMILES string of the molecule is CCCC(C)(N)C(=O)N(C)Cc1cccc(OC)c1OC. The van der Waals surface area contributed by atoms with Crippen LogP contribution in [0.3, 0.4) is 0 Å². The zero-order chi connectivity index (χ0) is 16.0. The standard InChI is InChI=1S/C16H26N2O3/c1-6-10-16(2,17)15(19)18(3)11-12-8-7-9-13(20-4)14(12)21-5/h7-9H,6,10-11,17H2,1-5H3. The van der Waals surface area contributed by atoms with Gasteiger partial charge in [0.25, 0.3) is 0 Å². The molecular weight excluding hydrogens is 268 g/mol. The molecule has 0 spiro atoms. The van der Waals surface area contributed by atoms with Crippen molar-refractivity contribution in [3.63, 3.8) is 0 Å². The van der Waals surface area contributed by atoms with Crippen molar-refractivity contribution in [1.82, 2.24) is 4.90 Å². The number of benzene rings is 1. The van der Waals surface area contributed by atoms with E-state index in [-0.39, 0.29) is 5.91 Å². The molecule has 118 valence electrons. The van der Waals surface area contributed by atoms with Crippen LogP contribution in [0.1, 0.15) is 32.3 Å². The fraction of sp³-hybridized carbons (Fsp3) is 0.562. The lowest BCUT2D eigenvalue weighted by Crippen LogP contribution is -2.51. The Morgan fingerprint density at radius 2 is 2.00 bits per heavy atom. The number of methoxy groups -OCH3 is 2. The highest BCUT2D eigenvalue weighted by atomic mass is 16.5. The average Bonchev–Trinajstić information content (AvgIpc) is 2.45. The van der Waals surface area contributed by atoms with Gasteiger partial charge in [-0.15, -0.1) is 0 Å². The molecule has 1 unspecified atom stereocenters. The molecule has 0 aliphatic heterocycles. The third-order valence-corrected chi connectivity index (χ3v) is 3.50. The number of hydrogen-bond donors (Lipinski definition) is 1. The summed E-state index contributed by atoms with van der Waals surface area (Å²) in [5.74, 6) is 1.23. The number of hydrogen-bond acceptors (Lipinski definition) is 4. The number of nitrogens with zero attached hydrogens (tertiary/aromatic N) is 1. The maximum absolute atomic E-state index is 12.4. The molecule has 0 bridgehead atoms. The number of amides is 1. The Hall–Kier alpha value is -1.75. The Morgan fingerprint density at radius 3 is 2.52 bits per heavy atom. The minimum Gasteiger partial charge on any atom is -0.493 e. The molecule has 0 aromatic heterocycles. The highest BCUT2D eigenvalue weighted by molar-refractivity contribution is 5.85. The Bertz CT molecular complexity index is 486. The first-order chi connectivity index (χ1) is 9.87. The number of rotatable bonds is 7. The van der Waals surface area contributed by atoms with E-state index in [1.54, 1.807) is 33.1 Å². The van der Waals surface area contributed by atoms with Crippen molar-refractivity contribution in [2.24, 2.45) is 5.73 Å². The monoisotopic (exact) mass is 294 g/mol. The second-order valence-corrected chi connectivity index (χ2v) is 5.48. The maximum Gasteiger partial charge on any atom is 0.242 e. The molecule has 1 aromatic rings. The number of para-hydroxylation sites is 1. The van der Waals surface area contributed by atoms with Crippen molar-refractivity contribution in [2.75, 3.05) is 21.3 Å². The molecule has 0 fully saturated rings. The van der Waals surface area contributed by atoms with E-state index in [0.29, 0.717) is 24.5 Å². The minimum absolute atomic E-state index is 0.0748. The molecule has 1 amide bonds. The van der Waals surface area contributed by atoms with Crippen molar-refractivity contribution < 1.29 is 14.3 Å². The third-order valence-electron chi connectivity index (χ3n) is 3.50. The summed E-state index contributed by atoms with van der Waals surface area (Å²) in [6.07, 6.45) is 1.53. The van der Waals surface area contributed by atoms with E-state index in [9.17, 15) is 4.79 Å². The normalized spacial score (nSPS) is 13.4. The second kappa shape index (κ2) is 7.31.